The van der Waals surface area contributed by atoms with Crippen LogP contribution < -0.4 is 5.32 Å². The number of aliphatic hydroxyl groups excluding tert-OH is 8. The molecule has 1 amide bonds. The second-order valence-corrected chi connectivity index (χ2v) is 30.6. The summed E-state index contributed by atoms with van der Waals surface area (Å²) >= 11 is 0. The number of hydrogen-bond donors (Lipinski definition) is 9. The molecule has 12 atom stereocenters. The Morgan fingerprint density at radius 2 is 0.634 bits per heavy atom. The van der Waals surface area contributed by atoms with Crippen LogP contribution in [0.4, 0.5) is 0 Å². The summed E-state index contributed by atoms with van der Waals surface area (Å²) in [5.41, 5.74) is 0. The third kappa shape index (κ3) is 53.4. The first kappa shape index (κ1) is 95.0. The van der Waals surface area contributed by atoms with Gasteiger partial charge in [-0.25, -0.2) is 0 Å². The van der Waals surface area contributed by atoms with Gasteiger partial charge >= 0.3 is 0 Å². The normalized spacial score (nSPS) is 21.9. The van der Waals surface area contributed by atoms with E-state index in [4.69, 9.17) is 18.9 Å². The van der Waals surface area contributed by atoms with Crippen LogP contribution in [-0.2, 0) is 23.7 Å². The van der Waals surface area contributed by atoms with Crippen molar-refractivity contribution in [3.63, 3.8) is 0 Å². The number of hydrogen-bond acceptors (Lipinski definition) is 13. The van der Waals surface area contributed by atoms with E-state index in [-0.39, 0.29) is 18.9 Å². The predicted molar refractivity (Wildman–Crippen MR) is 420 cm³/mol. The fraction of sp³-hybridized carbons (Fsp3) is 0.897. The van der Waals surface area contributed by atoms with Gasteiger partial charge in [0.25, 0.3) is 0 Å². The van der Waals surface area contributed by atoms with E-state index in [2.05, 4.69) is 55.6 Å². The van der Waals surface area contributed by atoms with Crippen molar-refractivity contribution in [2.45, 2.75) is 479 Å². The summed E-state index contributed by atoms with van der Waals surface area (Å²) in [6, 6.07) is -0.940. The van der Waals surface area contributed by atoms with Crippen molar-refractivity contribution in [3.05, 3.63) is 48.6 Å². The molecule has 0 bridgehead atoms. The highest BCUT2D eigenvalue weighted by molar-refractivity contribution is 5.76. The number of nitrogens with one attached hydrogen (secondary N) is 1. The average molecular weight is 1430 g/mol. The Kier molecular flexibility index (Phi) is 66.7. The molecule has 14 heteroatoms. The Morgan fingerprint density at radius 3 is 0.970 bits per heavy atom. The molecule has 2 heterocycles. The maximum absolute atomic E-state index is 13.4. The second kappa shape index (κ2) is 70.9. The van der Waals surface area contributed by atoms with E-state index in [1.165, 1.54) is 327 Å². The number of carbonyl (C=O) groups excluding carboxylic acids is 1. The SMILES string of the molecule is CCCCCCCCCC/C=C\CCCCCCCCCCCCCCCCCCCCCCCCCC(=O)NC(COC1OC(CO)C(OC2OC(CO)C(O)C(O)C2O)C(O)C1O)C(O)/C=C/CC/C=C/CC/C=C/CCCCCCCCCCCCCCCCCCCCCCCC. The van der Waals surface area contributed by atoms with Gasteiger partial charge in [0.05, 0.1) is 32.0 Å². The van der Waals surface area contributed by atoms with E-state index in [1.54, 1.807) is 6.08 Å². The molecule has 0 radical (unpaired) electrons. The van der Waals surface area contributed by atoms with Crippen molar-refractivity contribution < 1.29 is 64.6 Å². The molecule has 12 unspecified atom stereocenters. The Hall–Kier alpha value is -2.05. The van der Waals surface area contributed by atoms with Crippen molar-refractivity contribution in [2.24, 2.45) is 0 Å². The molecule has 594 valence electrons. The monoisotopic (exact) mass is 1430 g/mol. The van der Waals surface area contributed by atoms with Gasteiger partial charge in [-0.3, -0.25) is 4.79 Å². The number of aliphatic hydroxyl groups is 8. The van der Waals surface area contributed by atoms with Crippen LogP contribution in [-0.4, -0.2) is 140 Å². The zero-order valence-corrected chi connectivity index (χ0v) is 65.4. The standard InChI is InChI=1S/C87H163NO13/c1-3-5-7-9-11-13-15-17-19-21-23-25-27-29-31-33-35-37-38-39-41-43-45-47-49-51-53-55-57-59-61-63-65-67-69-71-79(92)88-75(74-98-86-84(97)82(95)85(78(73-90)100-86)101-87-83(96)81(94)80(93)77(72-89)99-87)76(91)70-68-66-64-62-60-58-56-54-52-50-48-46-44-42-40-36-34-32-30-28-26-24-22-20-18-16-14-12-10-8-6-4-2/h21,23,52,54,60,62,68,70,75-78,80-87,89-91,93-97H,3-20,22,24-51,53,55-59,61,63-67,69,71-74H2,1-2H3,(H,88,92)/b23-21-,54-52+,62-60+,70-68+. The van der Waals surface area contributed by atoms with Gasteiger partial charge in [-0.05, 0) is 70.6 Å². The van der Waals surface area contributed by atoms with Crippen molar-refractivity contribution in [2.75, 3.05) is 19.8 Å². The van der Waals surface area contributed by atoms with Crippen molar-refractivity contribution in [1.82, 2.24) is 5.32 Å². The van der Waals surface area contributed by atoms with E-state index in [0.717, 1.165) is 44.9 Å². The molecule has 0 aromatic carbocycles. The van der Waals surface area contributed by atoms with Gasteiger partial charge in [0.1, 0.15) is 48.8 Å². The highest BCUT2D eigenvalue weighted by Gasteiger charge is 2.51. The first-order valence-electron chi connectivity index (χ1n) is 43.4. The zero-order chi connectivity index (χ0) is 73.0. The largest absolute Gasteiger partial charge is 0.394 e. The molecule has 14 nitrogen and oxygen atoms in total. The molecule has 2 aliphatic heterocycles. The molecule has 2 fully saturated rings. The number of rotatable bonds is 74. The van der Waals surface area contributed by atoms with E-state index in [9.17, 15) is 45.6 Å². The first-order chi connectivity index (χ1) is 49.6. The predicted octanol–water partition coefficient (Wildman–Crippen LogP) is 20.5. The number of amides is 1. The van der Waals surface area contributed by atoms with Crippen LogP contribution in [0.3, 0.4) is 0 Å². The first-order valence-corrected chi connectivity index (χ1v) is 43.4. The maximum atomic E-state index is 13.4. The smallest absolute Gasteiger partial charge is 0.220 e. The molecule has 9 N–H and O–H groups in total. The minimum absolute atomic E-state index is 0.245. The lowest BCUT2D eigenvalue weighted by atomic mass is 9.97. The molecular formula is C87H163NO13. The van der Waals surface area contributed by atoms with Crippen LogP contribution >= 0.6 is 0 Å². The Bertz CT molecular complexity index is 1880. The van der Waals surface area contributed by atoms with E-state index in [0.29, 0.717) is 12.8 Å². The average Bonchev–Trinajstić information content (AvgIpc) is 0.791. The quantitative estimate of drug-likeness (QED) is 0.0204. The second-order valence-electron chi connectivity index (χ2n) is 30.6. The lowest BCUT2D eigenvalue weighted by Gasteiger charge is -2.46. The minimum Gasteiger partial charge on any atom is -0.394 e. The number of carbonyl (C=O) groups is 1. The van der Waals surface area contributed by atoms with E-state index >= 15 is 0 Å². The number of unbranched alkanes of at least 4 members (excludes halogenated alkanes) is 55. The summed E-state index contributed by atoms with van der Waals surface area (Å²) in [4.78, 5) is 13.4. The van der Waals surface area contributed by atoms with E-state index in [1.807, 2.05) is 6.08 Å². The molecule has 0 saturated carbocycles. The lowest BCUT2D eigenvalue weighted by Crippen LogP contribution is -2.65. The Morgan fingerprint density at radius 1 is 0.347 bits per heavy atom. The summed E-state index contributed by atoms with van der Waals surface area (Å²) < 4.78 is 22.9. The number of allylic oxidation sites excluding steroid dienone is 7. The molecule has 2 rings (SSSR count). The lowest BCUT2D eigenvalue weighted by molar-refractivity contribution is -0.359. The highest BCUT2D eigenvalue weighted by atomic mass is 16.7. The van der Waals surface area contributed by atoms with Crippen LogP contribution in [0.1, 0.15) is 406 Å². The molecular weight excluding hydrogens is 1270 g/mol. The van der Waals surface area contributed by atoms with Gasteiger partial charge in [-0.2, -0.15) is 0 Å². The molecule has 0 aliphatic carbocycles. The van der Waals surface area contributed by atoms with Crippen LogP contribution in [0.25, 0.3) is 0 Å². The van der Waals surface area contributed by atoms with Crippen LogP contribution in [0.5, 0.6) is 0 Å². The maximum Gasteiger partial charge on any atom is 0.220 e. The summed E-state index contributed by atoms with van der Waals surface area (Å²) in [5, 5.41) is 87.7. The van der Waals surface area contributed by atoms with Gasteiger partial charge in [0.2, 0.25) is 5.91 Å². The van der Waals surface area contributed by atoms with Crippen LogP contribution in [0.2, 0.25) is 0 Å². The molecule has 0 aromatic rings. The number of ether oxygens (including phenoxy) is 4. The van der Waals surface area contributed by atoms with Gasteiger partial charge in [-0.15, -0.1) is 0 Å². The molecule has 0 aromatic heterocycles. The van der Waals surface area contributed by atoms with Crippen LogP contribution in [0.15, 0.2) is 48.6 Å². The van der Waals surface area contributed by atoms with Crippen molar-refractivity contribution >= 4 is 5.91 Å². The minimum atomic E-state index is -1.79. The van der Waals surface area contributed by atoms with Gasteiger partial charge in [0.15, 0.2) is 12.6 Å². The zero-order valence-electron chi connectivity index (χ0n) is 65.4. The summed E-state index contributed by atoms with van der Waals surface area (Å²) in [7, 11) is 0. The van der Waals surface area contributed by atoms with E-state index < -0.39 is 86.8 Å². The van der Waals surface area contributed by atoms with Gasteiger partial charge in [-0.1, -0.05) is 377 Å². The topological polar surface area (TPSA) is 228 Å². The summed E-state index contributed by atoms with van der Waals surface area (Å²) in [6.45, 7) is 2.84. The van der Waals surface area contributed by atoms with Gasteiger partial charge < -0.3 is 65.1 Å². The highest BCUT2D eigenvalue weighted by Crippen LogP contribution is 2.30. The molecule has 2 aliphatic rings. The van der Waals surface area contributed by atoms with Crippen molar-refractivity contribution in [1.29, 1.82) is 0 Å². The van der Waals surface area contributed by atoms with Crippen molar-refractivity contribution in [3.8, 4) is 0 Å². The molecule has 0 spiro atoms. The molecule has 101 heavy (non-hydrogen) atoms. The Balaban J connectivity index is 1.60. The Labute approximate surface area is 620 Å². The third-order valence-electron chi connectivity index (χ3n) is 21.2. The van der Waals surface area contributed by atoms with Gasteiger partial charge in [0, 0.05) is 6.42 Å². The summed E-state index contributed by atoms with van der Waals surface area (Å²) in [5.74, 6) is -0.245. The third-order valence-corrected chi connectivity index (χ3v) is 21.2. The summed E-state index contributed by atoms with van der Waals surface area (Å²) in [6.07, 6.45) is 79.4. The van der Waals surface area contributed by atoms with Crippen LogP contribution in [0, 0.1) is 0 Å². The fourth-order valence-electron chi connectivity index (χ4n) is 14.4. The fourth-order valence-corrected chi connectivity index (χ4v) is 14.4. The molecule has 2 saturated heterocycles.